The molecule has 3 nitrogen and oxygen atoms in total. The molecule has 20 heavy (non-hydrogen) atoms. The van der Waals surface area contributed by atoms with Gasteiger partial charge in [-0.15, -0.1) is 0 Å². The van der Waals surface area contributed by atoms with Gasteiger partial charge in [0, 0.05) is 22.7 Å². The molecule has 0 aliphatic rings. The Hall–Kier alpha value is -2.81. The van der Waals surface area contributed by atoms with Crippen LogP contribution in [0.3, 0.4) is 0 Å². The van der Waals surface area contributed by atoms with E-state index in [2.05, 4.69) is 27.8 Å². The van der Waals surface area contributed by atoms with Crippen LogP contribution in [0.1, 0.15) is 0 Å². The highest BCUT2D eigenvalue weighted by atomic mass is 15.0. The molecule has 0 aliphatic heterocycles. The van der Waals surface area contributed by atoms with Crippen LogP contribution in [0.4, 0.5) is 5.69 Å². The van der Waals surface area contributed by atoms with E-state index in [0.717, 1.165) is 27.8 Å². The second-order valence-corrected chi connectivity index (χ2v) is 4.81. The van der Waals surface area contributed by atoms with Crippen LogP contribution in [0.5, 0.6) is 0 Å². The molecule has 0 radical (unpaired) electrons. The van der Waals surface area contributed by atoms with Crippen molar-refractivity contribution < 1.29 is 0 Å². The van der Waals surface area contributed by atoms with Crippen molar-refractivity contribution in [3.8, 4) is 5.69 Å². The van der Waals surface area contributed by atoms with E-state index >= 15 is 0 Å². The lowest BCUT2D eigenvalue weighted by atomic mass is 10.2. The molecule has 2 heterocycles. The molecule has 2 aromatic heterocycles. The maximum Gasteiger partial charge on any atom is 0.0771 e. The van der Waals surface area contributed by atoms with E-state index in [1.807, 2.05) is 48.8 Å². The quantitative estimate of drug-likeness (QED) is 0.529. The Morgan fingerprint density at radius 3 is 2.55 bits per heavy atom. The third kappa shape index (κ3) is 1.43. The molecule has 3 heteroatoms. The minimum atomic E-state index is 0.780. The van der Waals surface area contributed by atoms with E-state index in [1.54, 1.807) is 0 Å². The summed E-state index contributed by atoms with van der Waals surface area (Å²) >= 11 is 0. The molecular formula is C17H13N3. The lowest BCUT2D eigenvalue weighted by molar-refractivity contribution is 1.17. The van der Waals surface area contributed by atoms with E-state index < -0.39 is 0 Å². The molecule has 0 unspecified atom stereocenters. The summed E-state index contributed by atoms with van der Waals surface area (Å²) in [5.41, 5.74) is 10.2. The predicted molar refractivity (Wildman–Crippen MR) is 83.0 cm³/mol. The van der Waals surface area contributed by atoms with Gasteiger partial charge in [-0.1, -0.05) is 30.3 Å². The number of pyridine rings is 1. The monoisotopic (exact) mass is 259 g/mol. The van der Waals surface area contributed by atoms with E-state index in [1.165, 1.54) is 5.39 Å². The van der Waals surface area contributed by atoms with Crippen molar-refractivity contribution in [1.29, 1.82) is 0 Å². The molecule has 0 spiro atoms. The highest BCUT2D eigenvalue weighted by Gasteiger charge is 2.13. The van der Waals surface area contributed by atoms with E-state index in [-0.39, 0.29) is 0 Å². The molecule has 2 N–H and O–H groups in total. The number of aromatic nitrogens is 2. The Kier molecular flexibility index (Phi) is 2.27. The standard InChI is InChI=1S/C17H13N3/c18-15-8-4-7-14-13-9-10-19-11-16(13)20(17(14)15)12-5-2-1-3-6-12/h1-11H,18H2. The number of para-hydroxylation sites is 2. The lowest BCUT2D eigenvalue weighted by Gasteiger charge is -2.08. The fraction of sp³-hybridized carbons (Fsp3) is 0. The second kappa shape index (κ2) is 4.10. The van der Waals surface area contributed by atoms with Crippen molar-refractivity contribution >= 4 is 27.5 Å². The normalized spacial score (nSPS) is 11.2. The van der Waals surface area contributed by atoms with Gasteiger partial charge in [0.25, 0.3) is 0 Å². The molecule has 0 saturated heterocycles. The van der Waals surface area contributed by atoms with Gasteiger partial charge in [0.05, 0.1) is 22.9 Å². The first-order chi connectivity index (χ1) is 9.86. The number of fused-ring (bicyclic) bond motifs is 3. The third-order valence-corrected chi connectivity index (χ3v) is 3.64. The topological polar surface area (TPSA) is 43.8 Å². The molecule has 0 fully saturated rings. The minimum Gasteiger partial charge on any atom is -0.397 e. The van der Waals surface area contributed by atoms with Gasteiger partial charge in [-0.2, -0.15) is 0 Å². The molecule has 4 aromatic rings. The third-order valence-electron chi connectivity index (χ3n) is 3.64. The van der Waals surface area contributed by atoms with Crippen LogP contribution in [0.2, 0.25) is 0 Å². The van der Waals surface area contributed by atoms with E-state index in [9.17, 15) is 0 Å². The Morgan fingerprint density at radius 1 is 0.850 bits per heavy atom. The first kappa shape index (κ1) is 11.1. The van der Waals surface area contributed by atoms with Gasteiger partial charge < -0.3 is 10.3 Å². The zero-order valence-electron chi connectivity index (χ0n) is 10.8. The van der Waals surface area contributed by atoms with E-state index in [0.29, 0.717) is 0 Å². The smallest absolute Gasteiger partial charge is 0.0771 e. The second-order valence-electron chi connectivity index (χ2n) is 4.81. The van der Waals surface area contributed by atoms with Crippen LogP contribution in [0, 0.1) is 0 Å². The van der Waals surface area contributed by atoms with Gasteiger partial charge >= 0.3 is 0 Å². The summed E-state index contributed by atoms with van der Waals surface area (Å²) in [4.78, 5) is 4.26. The SMILES string of the molecule is Nc1cccc2c3ccncc3n(-c3ccccc3)c12. The average molecular weight is 259 g/mol. The Bertz CT molecular complexity index is 907. The van der Waals surface area contributed by atoms with Crippen molar-refractivity contribution in [2.45, 2.75) is 0 Å². The summed E-state index contributed by atoms with van der Waals surface area (Å²) in [6.45, 7) is 0. The number of benzene rings is 2. The van der Waals surface area contributed by atoms with Crippen molar-refractivity contribution in [3.63, 3.8) is 0 Å². The van der Waals surface area contributed by atoms with Crippen molar-refractivity contribution in [2.75, 3.05) is 5.73 Å². The van der Waals surface area contributed by atoms with Gasteiger partial charge in [0.2, 0.25) is 0 Å². The van der Waals surface area contributed by atoms with Crippen molar-refractivity contribution in [3.05, 3.63) is 67.0 Å². The highest BCUT2D eigenvalue weighted by molar-refractivity contribution is 6.12. The lowest BCUT2D eigenvalue weighted by Crippen LogP contribution is -1.96. The Morgan fingerprint density at radius 2 is 1.70 bits per heavy atom. The van der Waals surface area contributed by atoms with Crippen LogP contribution in [-0.2, 0) is 0 Å². The van der Waals surface area contributed by atoms with Gasteiger partial charge in [-0.05, 0) is 24.3 Å². The van der Waals surface area contributed by atoms with Crippen LogP contribution < -0.4 is 5.73 Å². The summed E-state index contributed by atoms with van der Waals surface area (Å²) < 4.78 is 2.17. The van der Waals surface area contributed by atoms with Crippen LogP contribution >= 0.6 is 0 Å². The average Bonchev–Trinajstić information content (AvgIpc) is 2.84. The Labute approximate surface area is 116 Å². The summed E-state index contributed by atoms with van der Waals surface area (Å²) in [5.74, 6) is 0. The summed E-state index contributed by atoms with van der Waals surface area (Å²) in [7, 11) is 0. The first-order valence-electron chi connectivity index (χ1n) is 6.54. The van der Waals surface area contributed by atoms with Gasteiger partial charge in [-0.25, -0.2) is 0 Å². The van der Waals surface area contributed by atoms with Crippen LogP contribution in [-0.4, -0.2) is 9.55 Å². The molecule has 0 aliphatic carbocycles. The number of nitrogens with zero attached hydrogens (tertiary/aromatic N) is 2. The summed E-state index contributed by atoms with van der Waals surface area (Å²) in [6.07, 6.45) is 3.71. The first-order valence-corrected chi connectivity index (χ1v) is 6.54. The summed E-state index contributed by atoms with van der Waals surface area (Å²) in [6, 6.07) is 18.3. The largest absolute Gasteiger partial charge is 0.397 e. The molecular weight excluding hydrogens is 246 g/mol. The molecule has 4 rings (SSSR count). The van der Waals surface area contributed by atoms with Gasteiger partial charge in [-0.3, -0.25) is 4.98 Å². The number of rotatable bonds is 1. The van der Waals surface area contributed by atoms with Crippen molar-refractivity contribution in [2.24, 2.45) is 0 Å². The maximum absolute atomic E-state index is 6.22. The fourth-order valence-electron chi connectivity index (χ4n) is 2.79. The molecule has 0 saturated carbocycles. The Balaban J connectivity index is 2.27. The predicted octanol–water partition coefficient (Wildman–Crippen LogP) is 3.76. The number of nitrogens with two attached hydrogens (primary N) is 1. The van der Waals surface area contributed by atoms with Crippen molar-refractivity contribution in [1.82, 2.24) is 9.55 Å². The number of anilines is 1. The number of hydrogen-bond donors (Lipinski definition) is 1. The minimum absolute atomic E-state index is 0.780. The van der Waals surface area contributed by atoms with Crippen LogP contribution in [0.15, 0.2) is 67.0 Å². The summed E-state index contributed by atoms with van der Waals surface area (Å²) in [5, 5.41) is 2.33. The zero-order valence-corrected chi connectivity index (χ0v) is 10.8. The molecule has 0 atom stereocenters. The van der Waals surface area contributed by atoms with Gasteiger partial charge in [0.15, 0.2) is 0 Å². The molecule has 0 amide bonds. The molecule has 2 aromatic carbocycles. The zero-order chi connectivity index (χ0) is 13.5. The number of nitrogen functional groups attached to an aromatic ring is 1. The molecule has 0 bridgehead atoms. The van der Waals surface area contributed by atoms with Crippen LogP contribution in [0.25, 0.3) is 27.5 Å². The maximum atomic E-state index is 6.22. The van der Waals surface area contributed by atoms with Gasteiger partial charge in [0.1, 0.15) is 0 Å². The number of hydrogen-bond acceptors (Lipinski definition) is 2. The fourth-order valence-corrected chi connectivity index (χ4v) is 2.79. The highest BCUT2D eigenvalue weighted by Crippen LogP contribution is 2.34. The van der Waals surface area contributed by atoms with E-state index in [4.69, 9.17) is 5.73 Å². The molecule has 96 valence electrons.